The van der Waals surface area contributed by atoms with Crippen LogP contribution in [0.15, 0.2) is 22.7 Å². The Morgan fingerprint density at radius 3 is 2.06 bits per heavy atom. The molecule has 96 valence electrons. The van der Waals surface area contributed by atoms with Crippen molar-refractivity contribution in [3.63, 3.8) is 0 Å². The predicted molar refractivity (Wildman–Crippen MR) is 81.5 cm³/mol. The minimum absolute atomic E-state index is 0.527. The average molecular weight is 325 g/mol. The molecule has 0 bridgehead atoms. The Hall–Kier alpha value is -0.640. The Morgan fingerprint density at radius 2 is 1.61 bits per heavy atom. The maximum absolute atomic E-state index is 10.6. The quantitative estimate of drug-likeness (QED) is 0.839. The van der Waals surface area contributed by atoms with Crippen molar-refractivity contribution in [3.8, 4) is 0 Å². The van der Waals surface area contributed by atoms with Crippen LogP contribution in [0.25, 0.3) is 0 Å². The van der Waals surface area contributed by atoms with Gasteiger partial charge in [0.2, 0.25) is 0 Å². The van der Waals surface area contributed by atoms with Crippen LogP contribution in [-0.4, -0.2) is 5.11 Å². The van der Waals surface area contributed by atoms with Crippen molar-refractivity contribution in [2.24, 2.45) is 0 Å². The Labute approximate surface area is 121 Å². The summed E-state index contributed by atoms with van der Waals surface area (Å²) in [6.07, 6.45) is -0.527. The number of hydrogen-bond donors (Lipinski definition) is 1. The molecule has 1 atom stereocenters. The zero-order valence-corrected chi connectivity index (χ0v) is 13.4. The predicted octanol–water partition coefficient (Wildman–Crippen LogP) is 4.83. The van der Waals surface area contributed by atoms with E-state index < -0.39 is 6.10 Å². The highest BCUT2D eigenvalue weighted by Gasteiger charge is 2.18. The summed E-state index contributed by atoms with van der Waals surface area (Å²) in [5, 5.41) is 10.6. The molecule has 1 nitrogen and oxygen atoms in total. The zero-order chi connectivity index (χ0) is 13.4. The summed E-state index contributed by atoms with van der Waals surface area (Å²) in [5.74, 6) is 0. The largest absolute Gasteiger partial charge is 0.383 e. The normalized spacial score (nSPS) is 12.8. The van der Waals surface area contributed by atoms with Gasteiger partial charge in [-0.25, -0.2) is 0 Å². The Bertz CT molecular complexity index is 544. The van der Waals surface area contributed by atoms with Crippen LogP contribution in [0.2, 0.25) is 0 Å². The number of benzene rings is 1. The lowest BCUT2D eigenvalue weighted by Gasteiger charge is -2.16. The van der Waals surface area contributed by atoms with Gasteiger partial charge in [0.05, 0.1) is 0 Å². The lowest BCUT2D eigenvalue weighted by molar-refractivity contribution is 0.222. The van der Waals surface area contributed by atoms with Gasteiger partial charge in [-0.1, -0.05) is 17.7 Å². The molecule has 0 fully saturated rings. The second kappa shape index (κ2) is 5.16. The molecule has 2 aromatic rings. The van der Waals surface area contributed by atoms with E-state index in [9.17, 15) is 5.11 Å². The molecule has 1 unspecified atom stereocenters. The zero-order valence-electron chi connectivity index (χ0n) is 11.0. The molecule has 0 spiro atoms. The first-order valence-electron chi connectivity index (χ1n) is 5.91. The maximum atomic E-state index is 10.6. The molecule has 1 heterocycles. The first kappa shape index (κ1) is 13.8. The van der Waals surface area contributed by atoms with Gasteiger partial charge in [0.1, 0.15) is 6.10 Å². The summed E-state index contributed by atoms with van der Waals surface area (Å²) in [7, 11) is 0. The highest BCUT2D eigenvalue weighted by atomic mass is 79.9. The standard InChI is InChI=1S/C15H17BrOS/c1-8-5-9(2)14(10(3)6-8)15(17)13-7-12(16)11(4)18-13/h5-7,15,17H,1-4H3. The molecule has 0 aliphatic rings. The van der Waals surface area contributed by atoms with Crippen LogP contribution in [-0.2, 0) is 0 Å². The summed E-state index contributed by atoms with van der Waals surface area (Å²) in [5.41, 5.74) is 4.59. The second-order valence-electron chi connectivity index (χ2n) is 4.77. The van der Waals surface area contributed by atoms with E-state index in [1.165, 1.54) is 10.4 Å². The van der Waals surface area contributed by atoms with E-state index in [4.69, 9.17) is 0 Å². The fourth-order valence-corrected chi connectivity index (χ4v) is 3.94. The van der Waals surface area contributed by atoms with Gasteiger partial charge in [0, 0.05) is 14.2 Å². The van der Waals surface area contributed by atoms with Gasteiger partial charge in [-0.2, -0.15) is 0 Å². The van der Waals surface area contributed by atoms with E-state index in [1.54, 1.807) is 11.3 Å². The van der Waals surface area contributed by atoms with Gasteiger partial charge in [0.15, 0.2) is 0 Å². The monoisotopic (exact) mass is 324 g/mol. The minimum atomic E-state index is -0.527. The number of aryl methyl sites for hydroxylation is 4. The van der Waals surface area contributed by atoms with Crippen molar-refractivity contribution >= 4 is 27.3 Å². The van der Waals surface area contributed by atoms with Gasteiger partial charge in [0.25, 0.3) is 0 Å². The van der Waals surface area contributed by atoms with Gasteiger partial charge >= 0.3 is 0 Å². The number of aliphatic hydroxyl groups excluding tert-OH is 1. The van der Waals surface area contributed by atoms with E-state index in [1.807, 2.05) is 6.07 Å². The summed E-state index contributed by atoms with van der Waals surface area (Å²) in [4.78, 5) is 2.20. The maximum Gasteiger partial charge on any atom is 0.114 e. The SMILES string of the molecule is Cc1cc(C)c(C(O)c2cc(Br)c(C)s2)c(C)c1. The number of thiophene rings is 1. The van der Waals surface area contributed by atoms with Crippen LogP contribution in [0.3, 0.4) is 0 Å². The Morgan fingerprint density at radius 1 is 1.06 bits per heavy atom. The molecule has 1 aromatic heterocycles. The third-order valence-electron chi connectivity index (χ3n) is 3.16. The average Bonchev–Trinajstić information content (AvgIpc) is 2.57. The summed E-state index contributed by atoms with van der Waals surface area (Å²) in [6.45, 7) is 8.27. The van der Waals surface area contributed by atoms with Crippen molar-refractivity contribution in [1.29, 1.82) is 0 Å². The van der Waals surface area contributed by atoms with Crippen molar-refractivity contribution in [3.05, 3.63) is 54.7 Å². The van der Waals surface area contributed by atoms with Crippen molar-refractivity contribution in [2.45, 2.75) is 33.8 Å². The van der Waals surface area contributed by atoms with E-state index >= 15 is 0 Å². The topological polar surface area (TPSA) is 20.2 Å². The van der Waals surface area contributed by atoms with Crippen LogP contribution < -0.4 is 0 Å². The molecule has 2 rings (SSSR count). The van der Waals surface area contributed by atoms with Crippen LogP contribution >= 0.6 is 27.3 Å². The molecule has 1 N–H and O–H groups in total. The molecule has 3 heteroatoms. The third-order valence-corrected chi connectivity index (χ3v) is 5.35. The number of aliphatic hydroxyl groups is 1. The minimum Gasteiger partial charge on any atom is -0.383 e. The Kier molecular flexibility index (Phi) is 3.95. The first-order valence-corrected chi connectivity index (χ1v) is 7.52. The fraction of sp³-hybridized carbons (Fsp3) is 0.333. The van der Waals surface area contributed by atoms with Gasteiger partial charge in [-0.05, 0) is 66.4 Å². The van der Waals surface area contributed by atoms with Crippen LogP contribution in [0, 0.1) is 27.7 Å². The Balaban J connectivity index is 2.49. The lowest BCUT2D eigenvalue weighted by Crippen LogP contribution is -2.03. The number of hydrogen-bond acceptors (Lipinski definition) is 2. The van der Waals surface area contributed by atoms with Crippen molar-refractivity contribution in [2.75, 3.05) is 0 Å². The van der Waals surface area contributed by atoms with Crippen LogP contribution in [0.1, 0.15) is 38.1 Å². The second-order valence-corrected chi connectivity index (χ2v) is 6.91. The van der Waals surface area contributed by atoms with E-state index in [0.717, 1.165) is 26.0 Å². The van der Waals surface area contributed by atoms with Crippen LogP contribution in [0.5, 0.6) is 0 Å². The third kappa shape index (κ3) is 2.53. The molecule has 0 aliphatic heterocycles. The van der Waals surface area contributed by atoms with E-state index in [2.05, 4.69) is 55.8 Å². The summed E-state index contributed by atoms with van der Waals surface area (Å²) in [6, 6.07) is 6.27. The van der Waals surface area contributed by atoms with Crippen molar-refractivity contribution < 1.29 is 5.11 Å². The highest BCUT2D eigenvalue weighted by Crippen LogP contribution is 2.36. The molecule has 0 amide bonds. The van der Waals surface area contributed by atoms with Gasteiger partial charge in [-0.15, -0.1) is 11.3 Å². The van der Waals surface area contributed by atoms with E-state index in [-0.39, 0.29) is 0 Å². The summed E-state index contributed by atoms with van der Waals surface area (Å²) < 4.78 is 1.07. The van der Waals surface area contributed by atoms with E-state index in [0.29, 0.717) is 0 Å². The summed E-state index contributed by atoms with van der Waals surface area (Å²) >= 11 is 5.15. The van der Waals surface area contributed by atoms with Gasteiger partial charge in [-0.3, -0.25) is 0 Å². The fourth-order valence-electron chi connectivity index (χ4n) is 2.38. The molecule has 0 saturated heterocycles. The van der Waals surface area contributed by atoms with Crippen LogP contribution in [0.4, 0.5) is 0 Å². The molecular formula is C15H17BrOS. The van der Waals surface area contributed by atoms with Gasteiger partial charge < -0.3 is 5.11 Å². The lowest BCUT2D eigenvalue weighted by atomic mass is 9.95. The van der Waals surface area contributed by atoms with Crippen molar-refractivity contribution in [1.82, 2.24) is 0 Å². The number of halogens is 1. The molecule has 0 saturated carbocycles. The number of rotatable bonds is 2. The smallest absolute Gasteiger partial charge is 0.114 e. The molecule has 0 radical (unpaired) electrons. The first-order chi connectivity index (χ1) is 8.40. The highest BCUT2D eigenvalue weighted by molar-refractivity contribution is 9.10. The molecular weight excluding hydrogens is 308 g/mol. The molecule has 18 heavy (non-hydrogen) atoms. The molecule has 1 aromatic carbocycles. The molecule has 0 aliphatic carbocycles.